The molecule has 1 aliphatic heterocycles. The third-order valence-electron chi connectivity index (χ3n) is 6.41. The van der Waals surface area contributed by atoms with Gasteiger partial charge in [-0.1, -0.05) is 31.4 Å². The van der Waals surface area contributed by atoms with Gasteiger partial charge in [-0.15, -0.1) is 0 Å². The number of benzene rings is 2. The highest BCUT2D eigenvalue weighted by Gasteiger charge is 2.34. The van der Waals surface area contributed by atoms with E-state index in [-0.39, 0.29) is 16.5 Å². The van der Waals surface area contributed by atoms with Crippen LogP contribution in [0.2, 0.25) is 0 Å². The van der Waals surface area contributed by atoms with Crippen molar-refractivity contribution in [1.29, 1.82) is 0 Å². The minimum absolute atomic E-state index is 0.0113. The van der Waals surface area contributed by atoms with E-state index in [1.165, 1.54) is 7.11 Å². The molecule has 0 N–H and O–H groups in total. The molecule has 2 aromatic carbocycles. The Balaban J connectivity index is 1.69. The lowest BCUT2D eigenvalue weighted by Crippen LogP contribution is -2.40. The Hall–Kier alpha value is -2.25. The summed E-state index contributed by atoms with van der Waals surface area (Å²) < 4.78 is 46.0. The number of nitrogens with zero attached hydrogens (tertiary/aromatic N) is 1. The molecule has 1 heterocycles. The molecule has 1 aliphatic carbocycles. The number of hydrogen-bond donors (Lipinski definition) is 0. The first-order chi connectivity index (χ1) is 15.2. The van der Waals surface area contributed by atoms with Gasteiger partial charge in [0.25, 0.3) is 0 Å². The van der Waals surface area contributed by atoms with E-state index in [4.69, 9.17) is 14.2 Å². The average molecular weight is 460 g/mol. The largest absolute Gasteiger partial charge is 0.493 e. The maximum atomic E-state index is 13.8. The second kappa shape index (κ2) is 8.94. The molecule has 1 saturated carbocycles. The third-order valence-corrected chi connectivity index (χ3v) is 8.30. The minimum Gasteiger partial charge on any atom is -0.493 e. The summed E-state index contributed by atoms with van der Waals surface area (Å²) in [5.74, 6) is 1.82. The van der Waals surface area contributed by atoms with Crippen molar-refractivity contribution in [1.82, 2.24) is 4.31 Å². The fourth-order valence-electron chi connectivity index (χ4n) is 4.83. The lowest BCUT2D eigenvalue weighted by atomic mass is 9.95. The van der Waals surface area contributed by atoms with Gasteiger partial charge in [-0.2, -0.15) is 4.31 Å². The van der Waals surface area contributed by atoms with Gasteiger partial charge in [0.05, 0.1) is 19.1 Å². The molecule has 0 spiro atoms. The molecule has 174 valence electrons. The van der Waals surface area contributed by atoms with Gasteiger partial charge in [0.1, 0.15) is 11.4 Å². The van der Waals surface area contributed by atoms with Crippen LogP contribution in [0.1, 0.15) is 57.1 Å². The molecular weight excluding hydrogens is 426 g/mol. The summed E-state index contributed by atoms with van der Waals surface area (Å²) in [5, 5.41) is 0. The van der Waals surface area contributed by atoms with Gasteiger partial charge < -0.3 is 14.2 Å². The maximum absolute atomic E-state index is 13.8. The number of methoxy groups -OCH3 is 2. The van der Waals surface area contributed by atoms with E-state index < -0.39 is 10.0 Å². The van der Waals surface area contributed by atoms with Gasteiger partial charge in [-0.25, -0.2) is 8.42 Å². The second-order valence-electron chi connectivity index (χ2n) is 9.34. The van der Waals surface area contributed by atoms with Crippen molar-refractivity contribution in [2.24, 2.45) is 0 Å². The molecule has 0 bridgehead atoms. The first-order valence-electron chi connectivity index (χ1n) is 11.3. The predicted molar refractivity (Wildman–Crippen MR) is 124 cm³/mol. The summed E-state index contributed by atoms with van der Waals surface area (Å²) in [6, 6.07) is 10.9. The zero-order valence-corrected chi connectivity index (χ0v) is 20.2. The molecule has 1 fully saturated rings. The Morgan fingerprint density at radius 2 is 1.72 bits per heavy atom. The van der Waals surface area contributed by atoms with Crippen molar-refractivity contribution in [2.45, 2.75) is 75.5 Å². The van der Waals surface area contributed by atoms with Crippen LogP contribution in [0.3, 0.4) is 0 Å². The molecule has 0 aromatic heterocycles. The zero-order valence-electron chi connectivity index (χ0n) is 19.4. The summed E-state index contributed by atoms with van der Waals surface area (Å²) >= 11 is 0. The Morgan fingerprint density at radius 1 is 1.00 bits per heavy atom. The summed E-state index contributed by atoms with van der Waals surface area (Å²) in [6.07, 6.45) is 5.85. The molecule has 0 unspecified atom stereocenters. The molecule has 6 nitrogen and oxygen atoms in total. The van der Waals surface area contributed by atoms with Crippen LogP contribution in [0.4, 0.5) is 0 Å². The van der Waals surface area contributed by atoms with E-state index in [9.17, 15) is 8.42 Å². The van der Waals surface area contributed by atoms with Crippen molar-refractivity contribution < 1.29 is 22.6 Å². The van der Waals surface area contributed by atoms with E-state index in [0.717, 1.165) is 55.4 Å². The SMILES string of the molecule is COc1ccc(S(=O)(=O)N(Cc2ccc3c(c2)CC(C)(C)O3)C2CCCCC2)cc1OC. The summed E-state index contributed by atoms with van der Waals surface area (Å²) in [7, 11) is -0.671. The molecule has 0 radical (unpaired) electrons. The second-order valence-corrected chi connectivity index (χ2v) is 11.2. The van der Waals surface area contributed by atoms with Crippen LogP contribution in [-0.4, -0.2) is 38.6 Å². The first-order valence-corrected chi connectivity index (χ1v) is 12.7. The molecule has 2 aliphatic rings. The molecule has 2 aromatic rings. The van der Waals surface area contributed by atoms with Crippen molar-refractivity contribution >= 4 is 10.0 Å². The van der Waals surface area contributed by atoms with Gasteiger partial charge in [-0.3, -0.25) is 0 Å². The molecular formula is C25H33NO5S. The zero-order chi connectivity index (χ0) is 22.9. The number of fused-ring (bicyclic) bond motifs is 1. The molecule has 32 heavy (non-hydrogen) atoms. The maximum Gasteiger partial charge on any atom is 0.243 e. The summed E-state index contributed by atoms with van der Waals surface area (Å²) in [6.45, 7) is 4.49. The Labute approximate surface area is 191 Å². The normalized spacial score (nSPS) is 18.3. The summed E-state index contributed by atoms with van der Waals surface area (Å²) in [5.41, 5.74) is 1.90. The van der Waals surface area contributed by atoms with E-state index in [2.05, 4.69) is 19.9 Å². The highest BCUT2D eigenvalue weighted by molar-refractivity contribution is 7.89. The molecule has 0 saturated heterocycles. The standard InChI is InChI=1S/C25H33NO5S/c1-25(2)16-19-14-18(10-12-22(19)31-25)17-26(20-8-6-5-7-9-20)32(27,28)21-11-13-23(29-3)24(15-21)30-4/h10-15,20H,5-9,16-17H2,1-4H3. The number of ether oxygens (including phenoxy) is 3. The smallest absolute Gasteiger partial charge is 0.243 e. The van der Waals surface area contributed by atoms with Crippen LogP contribution in [0.5, 0.6) is 17.2 Å². The van der Waals surface area contributed by atoms with E-state index in [1.807, 2.05) is 12.1 Å². The highest BCUT2D eigenvalue weighted by atomic mass is 32.2. The fraction of sp³-hybridized carbons (Fsp3) is 0.520. The highest BCUT2D eigenvalue weighted by Crippen LogP contribution is 2.37. The van der Waals surface area contributed by atoms with Crippen molar-refractivity contribution in [3.63, 3.8) is 0 Å². The van der Waals surface area contributed by atoms with Gasteiger partial charge in [0, 0.05) is 25.1 Å². The van der Waals surface area contributed by atoms with Gasteiger partial charge in [0.15, 0.2) is 11.5 Å². The molecule has 4 rings (SSSR count). The average Bonchev–Trinajstić information content (AvgIpc) is 3.10. The first kappa shape index (κ1) is 22.9. The number of rotatable bonds is 7. The van der Waals surface area contributed by atoms with Crippen LogP contribution in [-0.2, 0) is 23.0 Å². The predicted octanol–water partition coefficient (Wildman–Crippen LogP) is 4.94. The molecule has 7 heteroatoms. The van der Waals surface area contributed by atoms with Crippen molar-refractivity contribution in [3.05, 3.63) is 47.5 Å². The topological polar surface area (TPSA) is 65.1 Å². The van der Waals surface area contributed by atoms with Crippen molar-refractivity contribution in [2.75, 3.05) is 14.2 Å². The minimum atomic E-state index is -3.73. The Morgan fingerprint density at radius 3 is 2.41 bits per heavy atom. The quantitative estimate of drug-likeness (QED) is 0.587. The van der Waals surface area contributed by atoms with Gasteiger partial charge in [-0.05, 0) is 56.0 Å². The van der Waals surface area contributed by atoms with Crippen LogP contribution in [0.15, 0.2) is 41.3 Å². The fourth-order valence-corrected chi connectivity index (χ4v) is 6.52. The number of hydrogen-bond acceptors (Lipinski definition) is 5. The molecule has 0 atom stereocenters. The van der Waals surface area contributed by atoms with Gasteiger partial charge in [0.2, 0.25) is 10.0 Å². The third kappa shape index (κ3) is 4.59. The van der Waals surface area contributed by atoms with Crippen LogP contribution in [0.25, 0.3) is 0 Å². The van der Waals surface area contributed by atoms with Crippen LogP contribution < -0.4 is 14.2 Å². The Bertz CT molecular complexity index is 1070. The molecule has 0 amide bonds. The lowest BCUT2D eigenvalue weighted by Gasteiger charge is -2.33. The Kier molecular flexibility index (Phi) is 6.41. The van der Waals surface area contributed by atoms with E-state index in [0.29, 0.717) is 18.0 Å². The van der Waals surface area contributed by atoms with Crippen LogP contribution >= 0.6 is 0 Å². The monoisotopic (exact) mass is 459 g/mol. The lowest BCUT2D eigenvalue weighted by molar-refractivity contribution is 0.138. The van der Waals surface area contributed by atoms with Crippen molar-refractivity contribution in [3.8, 4) is 17.2 Å². The van der Waals surface area contributed by atoms with Gasteiger partial charge >= 0.3 is 0 Å². The number of sulfonamides is 1. The summed E-state index contributed by atoms with van der Waals surface area (Å²) in [4.78, 5) is 0.228. The van der Waals surface area contributed by atoms with E-state index >= 15 is 0 Å². The van der Waals surface area contributed by atoms with Crippen LogP contribution in [0, 0.1) is 0 Å². The van der Waals surface area contributed by atoms with E-state index in [1.54, 1.807) is 29.6 Å².